The first-order valence-corrected chi connectivity index (χ1v) is 7.25. The van der Waals surface area contributed by atoms with E-state index in [-0.39, 0.29) is 6.09 Å². The lowest BCUT2D eigenvalue weighted by molar-refractivity contribution is 0.0983. The predicted octanol–water partition coefficient (Wildman–Crippen LogP) is 2.31. The van der Waals surface area contributed by atoms with E-state index in [1.165, 1.54) is 0 Å². The molecule has 0 unspecified atom stereocenters. The van der Waals surface area contributed by atoms with Gasteiger partial charge in [-0.3, -0.25) is 0 Å². The van der Waals surface area contributed by atoms with Gasteiger partial charge in [-0.2, -0.15) is 0 Å². The van der Waals surface area contributed by atoms with Gasteiger partial charge in [0.25, 0.3) is 0 Å². The molecule has 1 aliphatic heterocycles. The van der Waals surface area contributed by atoms with Crippen LogP contribution in [0, 0.1) is 0 Å². The molecule has 2 rings (SSSR count). The van der Waals surface area contributed by atoms with Crippen molar-refractivity contribution in [1.82, 2.24) is 4.90 Å². The highest BCUT2D eigenvalue weighted by Gasteiger charge is 2.23. The minimum Gasteiger partial charge on any atom is -0.495 e. The second-order valence-corrected chi connectivity index (χ2v) is 5.06. The van der Waals surface area contributed by atoms with Crippen molar-refractivity contribution < 1.29 is 14.3 Å². The van der Waals surface area contributed by atoms with Crippen molar-refractivity contribution >= 4 is 17.5 Å². The number of rotatable bonds is 4. The fourth-order valence-corrected chi connectivity index (χ4v) is 2.46. The Morgan fingerprint density at radius 2 is 2.14 bits per heavy atom. The maximum atomic E-state index is 11.6. The Hall–Kier alpha value is -2.11. The Kier molecular flexibility index (Phi) is 5.14. The summed E-state index contributed by atoms with van der Waals surface area (Å²) in [6, 6.07) is 6.00. The number of benzene rings is 1. The Bertz CT molecular complexity index is 485. The van der Waals surface area contributed by atoms with E-state index in [9.17, 15) is 4.79 Å². The molecule has 1 aromatic carbocycles. The highest BCUT2D eigenvalue weighted by Crippen LogP contribution is 2.26. The summed E-state index contributed by atoms with van der Waals surface area (Å²) in [5.41, 5.74) is 7.41. The quantitative estimate of drug-likeness (QED) is 0.833. The number of carbonyl (C=O) groups is 1. The number of piperidine rings is 1. The normalized spacial score (nSPS) is 15.6. The first kappa shape index (κ1) is 15.3. The Morgan fingerprint density at radius 1 is 1.43 bits per heavy atom. The molecule has 1 heterocycles. The third kappa shape index (κ3) is 3.93. The third-order valence-corrected chi connectivity index (χ3v) is 3.63. The first-order valence-electron chi connectivity index (χ1n) is 7.25. The number of likely N-dealkylation sites (tertiary alicyclic amines) is 1. The van der Waals surface area contributed by atoms with E-state index < -0.39 is 0 Å². The zero-order chi connectivity index (χ0) is 15.2. The van der Waals surface area contributed by atoms with Crippen LogP contribution < -0.4 is 15.8 Å². The number of carbonyl (C=O) groups excluding carboxylic acids is 1. The van der Waals surface area contributed by atoms with Gasteiger partial charge in [-0.25, -0.2) is 4.79 Å². The van der Waals surface area contributed by atoms with Crippen molar-refractivity contribution in [3.05, 3.63) is 18.2 Å². The lowest BCUT2D eigenvalue weighted by Crippen LogP contribution is -2.42. The minimum absolute atomic E-state index is 0.217. The molecule has 6 nitrogen and oxygen atoms in total. The molecule has 1 aliphatic rings. The number of ether oxygens (including phenoxy) is 2. The van der Waals surface area contributed by atoms with E-state index in [1.54, 1.807) is 12.0 Å². The second kappa shape index (κ2) is 7.06. The van der Waals surface area contributed by atoms with E-state index in [2.05, 4.69) is 5.32 Å². The van der Waals surface area contributed by atoms with Crippen molar-refractivity contribution in [1.29, 1.82) is 0 Å². The molecular formula is C15H23N3O3. The van der Waals surface area contributed by atoms with Crippen LogP contribution >= 0.6 is 0 Å². The molecule has 0 bridgehead atoms. The highest BCUT2D eigenvalue weighted by molar-refractivity contribution is 5.67. The Morgan fingerprint density at radius 3 is 2.76 bits per heavy atom. The van der Waals surface area contributed by atoms with E-state index in [0.29, 0.717) is 37.2 Å². The van der Waals surface area contributed by atoms with Gasteiger partial charge in [0.05, 0.1) is 19.4 Å². The first-order chi connectivity index (χ1) is 10.1. The molecule has 6 heteroatoms. The van der Waals surface area contributed by atoms with E-state index in [4.69, 9.17) is 15.2 Å². The standard InChI is InChI=1S/C15H23N3O3/c1-3-21-15(19)18-8-6-11(7-9-18)17-12-4-5-13(16)14(10-12)20-2/h4-5,10-11,17H,3,6-9,16H2,1-2H3. The maximum absolute atomic E-state index is 11.6. The van der Waals surface area contributed by atoms with Gasteiger partial charge in [-0.05, 0) is 31.9 Å². The average molecular weight is 293 g/mol. The molecule has 1 saturated heterocycles. The number of anilines is 2. The Labute approximate surface area is 125 Å². The smallest absolute Gasteiger partial charge is 0.409 e. The summed E-state index contributed by atoms with van der Waals surface area (Å²) in [5, 5.41) is 3.46. The van der Waals surface area contributed by atoms with Gasteiger partial charge >= 0.3 is 6.09 Å². The number of amides is 1. The number of nitrogens with one attached hydrogen (secondary N) is 1. The summed E-state index contributed by atoms with van der Waals surface area (Å²) in [6.45, 7) is 3.66. The molecular weight excluding hydrogens is 270 g/mol. The lowest BCUT2D eigenvalue weighted by atomic mass is 10.0. The SMILES string of the molecule is CCOC(=O)N1CCC(Nc2ccc(N)c(OC)c2)CC1. The van der Waals surface area contributed by atoms with Crippen LogP contribution in [0.3, 0.4) is 0 Å². The molecule has 0 spiro atoms. The number of nitrogens with two attached hydrogens (primary N) is 1. The predicted molar refractivity (Wildman–Crippen MR) is 82.6 cm³/mol. The fourth-order valence-electron chi connectivity index (χ4n) is 2.46. The van der Waals surface area contributed by atoms with Crippen LogP contribution in [0.15, 0.2) is 18.2 Å². The molecule has 0 saturated carbocycles. The van der Waals surface area contributed by atoms with Gasteiger partial charge < -0.3 is 25.4 Å². The van der Waals surface area contributed by atoms with Crippen LogP contribution in [0.25, 0.3) is 0 Å². The van der Waals surface area contributed by atoms with Crippen LogP contribution in [0.4, 0.5) is 16.2 Å². The number of methoxy groups -OCH3 is 1. The monoisotopic (exact) mass is 293 g/mol. The highest BCUT2D eigenvalue weighted by atomic mass is 16.6. The van der Waals surface area contributed by atoms with Crippen LogP contribution in [0.5, 0.6) is 5.75 Å². The number of nitrogens with zero attached hydrogens (tertiary/aromatic N) is 1. The minimum atomic E-state index is -0.217. The zero-order valence-electron chi connectivity index (χ0n) is 12.6. The van der Waals surface area contributed by atoms with E-state index in [1.807, 2.05) is 25.1 Å². The van der Waals surface area contributed by atoms with Gasteiger partial charge in [0.2, 0.25) is 0 Å². The van der Waals surface area contributed by atoms with Crippen LogP contribution in [-0.4, -0.2) is 43.8 Å². The number of nitrogen functional groups attached to an aromatic ring is 1. The van der Waals surface area contributed by atoms with Crippen LogP contribution in [0.1, 0.15) is 19.8 Å². The second-order valence-electron chi connectivity index (χ2n) is 5.06. The topological polar surface area (TPSA) is 76.8 Å². The largest absolute Gasteiger partial charge is 0.495 e. The molecule has 116 valence electrons. The fraction of sp³-hybridized carbons (Fsp3) is 0.533. The Balaban J connectivity index is 1.87. The molecule has 0 atom stereocenters. The summed E-state index contributed by atoms with van der Waals surface area (Å²) in [7, 11) is 1.60. The van der Waals surface area contributed by atoms with Crippen molar-refractivity contribution in [3.8, 4) is 5.75 Å². The van der Waals surface area contributed by atoms with Crippen LogP contribution in [-0.2, 0) is 4.74 Å². The molecule has 0 radical (unpaired) electrons. The molecule has 0 aliphatic carbocycles. The third-order valence-electron chi connectivity index (χ3n) is 3.63. The van der Waals surface area contributed by atoms with E-state index in [0.717, 1.165) is 18.5 Å². The van der Waals surface area contributed by atoms with Crippen molar-refractivity contribution in [3.63, 3.8) is 0 Å². The number of hydrogen-bond acceptors (Lipinski definition) is 5. The molecule has 3 N–H and O–H groups in total. The van der Waals surface area contributed by atoms with Crippen molar-refractivity contribution in [2.75, 3.05) is 37.9 Å². The maximum Gasteiger partial charge on any atom is 0.409 e. The molecule has 1 fully saturated rings. The summed E-state index contributed by atoms with van der Waals surface area (Å²) in [6.07, 6.45) is 1.57. The molecule has 1 aromatic rings. The summed E-state index contributed by atoms with van der Waals surface area (Å²) < 4.78 is 10.2. The summed E-state index contributed by atoms with van der Waals surface area (Å²) >= 11 is 0. The summed E-state index contributed by atoms with van der Waals surface area (Å²) in [5.74, 6) is 0.670. The van der Waals surface area contributed by atoms with Gasteiger partial charge in [0.1, 0.15) is 5.75 Å². The van der Waals surface area contributed by atoms with Crippen molar-refractivity contribution in [2.24, 2.45) is 0 Å². The number of hydrogen-bond donors (Lipinski definition) is 2. The van der Waals surface area contributed by atoms with E-state index >= 15 is 0 Å². The lowest BCUT2D eigenvalue weighted by Gasteiger charge is -2.32. The average Bonchev–Trinajstić information content (AvgIpc) is 2.50. The van der Waals surface area contributed by atoms with Gasteiger partial charge in [0.15, 0.2) is 0 Å². The molecule has 1 amide bonds. The van der Waals surface area contributed by atoms with Gasteiger partial charge in [0, 0.05) is 30.9 Å². The zero-order valence-corrected chi connectivity index (χ0v) is 12.6. The van der Waals surface area contributed by atoms with Crippen LogP contribution in [0.2, 0.25) is 0 Å². The van der Waals surface area contributed by atoms with Gasteiger partial charge in [-0.1, -0.05) is 0 Å². The van der Waals surface area contributed by atoms with Gasteiger partial charge in [-0.15, -0.1) is 0 Å². The summed E-state index contributed by atoms with van der Waals surface area (Å²) in [4.78, 5) is 13.4. The molecule has 21 heavy (non-hydrogen) atoms. The van der Waals surface area contributed by atoms with Crippen molar-refractivity contribution in [2.45, 2.75) is 25.8 Å². The molecule has 0 aromatic heterocycles.